The zero-order valence-corrected chi connectivity index (χ0v) is 13.3. The van der Waals surface area contributed by atoms with Gasteiger partial charge in [0, 0.05) is 6.54 Å². The second kappa shape index (κ2) is 7.64. The first-order valence-electron chi connectivity index (χ1n) is 7.78. The minimum Gasteiger partial charge on any atom is -0.388 e. The molecule has 0 bridgehead atoms. The number of hydrogen-bond donors (Lipinski definition) is 4. The highest BCUT2D eigenvalue weighted by molar-refractivity contribution is 5.86. The molecule has 5 N–H and O–H groups in total. The highest BCUT2D eigenvalue weighted by Gasteiger charge is 2.33. The molecule has 1 saturated carbocycles. The van der Waals surface area contributed by atoms with Crippen molar-refractivity contribution in [2.75, 3.05) is 6.54 Å². The lowest BCUT2D eigenvalue weighted by molar-refractivity contribution is -0.125. The molecule has 122 valence electrons. The van der Waals surface area contributed by atoms with Crippen LogP contribution in [0.4, 0.5) is 4.79 Å². The van der Waals surface area contributed by atoms with Gasteiger partial charge in [0.05, 0.1) is 5.60 Å². The number of amides is 3. The lowest BCUT2D eigenvalue weighted by Gasteiger charge is -2.36. The zero-order valence-electron chi connectivity index (χ0n) is 13.3. The number of hydrogen-bond acceptors (Lipinski definition) is 3. The third kappa shape index (κ3) is 6.33. The average Bonchev–Trinajstić information content (AvgIpc) is 2.34. The largest absolute Gasteiger partial charge is 0.388 e. The summed E-state index contributed by atoms with van der Waals surface area (Å²) in [5, 5.41) is 15.7. The van der Waals surface area contributed by atoms with Crippen LogP contribution in [0, 0.1) is 11.8 Å². The van der Waals surface area contributed by atoms with Crippen LogP contribution in [0.5, 0.6) is 0 Å². The van der Waals surface area contributed by atoms with Gasteiger partial charge in [-0.2, -0.15) is 0 Å². The van der Waals surface area contributed by atoms with Crippen molar-refractivity contribution in [2.45, 2.75) is 64.5 Å². The maximum Gasteiger partial charge on any atom is 0.312 e. The van der Waals surface area contributed by atoms with Gasteiger partial charge in [0.15, 0.2) is 0 Å². The Morgan fingerprint density at radius 1 is 1.43 bits per heavy atom. The Morgan fingerprint density at radius 2 is 2.10 bits per heavy atom. The van der Waals surface area contributed by atoms with Crippen LogP contribution in [0.1, 0.15) is 52.9 Å². The molecule has 1 fully saturated rings. The van der Waals surface area contributed by atoms with Gasteiger partial charge < -0.3 is 21.5 Å². The van der Waals surface area contributed by atoms with E-state index in [-0.39, 0.29) is 18.4 Å². The Morgan fingerprint density at radius 3 is 2.62 bits per heavy atom. The lowest BCUT2D eigenvalue weighted by Crippen LogP contribution is -2.53. The summed E-state index contributed by atoms with van der Waals surface area (Å²) in [6.07, 6.45) is 4.02. The average molecular weight is 299 g/mol. The quantitative estimate of drug-likeness (QED) is 0.591. The summed E-state index contributed by atoms with van der Waals surface area (Å²) >= 11 is 0. The molecule has 0 saturated heterocycles. The number of urea groups is 1. The van der Waals surface area contributed by atoms with Gasteiger partial charge in [-0.15, -0.1) is 0 Å². The minimum absolute atomic E-state index is 0.227. The first-order valence-corrected chi connectivity index (χ1v) is 7.78. The Balaban J connectivity index is 2.54. The summed E-state index contributed by atoms with van der Waals surface area (Å²) < 4.78 is 0. The van der Waals surface area contributed by atoms with Crippen molar-refractivity contribution in [3.05, 3.63) is 0 Å². The van der Waals surface area contributed by atoms with Gasteiger partial charge in [-0.1, -0.05) is 33.6 Å². The van der Waals surface area contributed by atoms with Crippen LogP contribution >= 0.6 is 0 Å². The molecule has 0 radical (unpaired) electrons. The highest BCUT2D eigenvalue weighted by atomic mass is 16.3. The first kappa shape index (κ1) is 17.8. The van der Waals surface area contributed by atoms with E-state index in [0.717, 1.165) is 12.8 Å². The number of rotatable bonds is 6. The van der Waals surface area contributed by atoms with E-state index >= 15 is 0 Å². The van der Waals surface area contributed by atoms with E-state index in [1.165, 1.54) is 0 Å². The molecule has 0 heterocycles. The number of carbonyl (C=O) groups excluding carboxylic acids is 2. The number of nitrogens with one attached hydrogen (secondary N) is 2. The maximum absolute atomic E-state index is 12.2. The van der Waals surface area contributed by atoms with Crippen molar-refractivity contribution in [1.29, 1.82) is 0 Å². The molecule has 1 aliphatic carbocycles. The predicted octanol–water partition coefficient (Wildman–Crippen LogP) is 1.13. The molecule has 0 aromatic heterocycles. The zero-order chi connectivity index (χ0) is 16.0. The molecule has 1 aliphatic rings. The van der Waals surface area contributed by atoms with Crippen molar-refractivity contribution in [2.24, 2.45) is 17.6 Å². The van der Waals surface area contributed by atoms with Crippen LogP contribution in [-0.2, 0) is 4.79 Å². The summed E-state index contributed by atoms with van der Waals surface area (Å²) in [7, 11) is 0. The number of primary amides is 1. The van der Waals surface area contributed by atoms with Crippen molar-refractivity contribution in [3.63, 3.8) is 0 Å². The summed E-state index contributed by atoms with van der Waals surface area (Å²) in [6, 6.07) is -1.35. The van der Waals surface area contributed by atoms with Crippen LogP contribution in [0.25, 0.3) is 0 Å². The molecule has 3 unspecified atom stereocenters. The minimum atomic E-state index is -0.831. The third-order valence-electron chi connectivity index (χ3n) is 4.00. The summed E-state index contributed by atoms with van der Waals surface area (Å²) in [4.78, 5) is 23.2. The standard InChI is InChI=1S/C15H29N3O3/c1-10(2)7-12(18-14(16)20)13(19)17-9-15(21)6-4-5-11(3)8-15/h10-12,21H,4-9H2,1-3H3,(H,17,19)(H3,16,18,20). The van der Waals surface area contributed by atoms with Gasteiger partial charge in [-0.3, -0.25) is 4.79 Å². The van der Waals surface area contributed by atoms with E-state index in [1.54, 1.807) is 0 Å². The van der Waals surface area contributed by atoms with E-state index < -0.39 is 17.7 Å². The molecular formula is C15H29N3O3. The van der Waals surface area contributed by atoms with E-state index in [1.807, 2.05) is 13.8 Å². The Labute approximate surface area is 126 Å². The fourth-order valence-corrected chi connectivity index (χ4v) is 3.04. The maximum atomic E-state index is 12.2. The van der Waals surface area contributed by atoms with Gasteiger partial charge in [0.1, 0.15) is 6.04 Å². The Bertz CT molecular complexity index is 373. The fourth-order valence-electron chi connectivity index (χ4n) is 3.04. The fraction of sp³-hybridized carbons (Fsp3) is 0.867. The SMILES string of the molecule is CC(C)CC(NC(N)=O)C(=O)NCC1(O)CCCC(C)C1. The van der Waals surface area contributed by atoms with Crippen molar-refractivity contribution in [3.8, 4) is 0 Å². The van der Waals surface area contributed by atoms with Crippen LogP contribution in [0.3, 0.4) is 0 Å². The molecule has 0 aromatic rings. The van der Waals surface area contributed by atoms with E-state index in [0.29, 0.717) is 25.2 Å². The second-order valence-electron chi connectivity index (χ2n) is 6.83. The third-order valence-corrected chi connectivity index (χ3v) is 4.00. The molecule has 1 rings (SSSR count). The lowest BCUT2D eigenvalue weighted by atomic mass is 9.79. The van der Waals surface area contributed by atoms with E-state index in [9.17, 15) is 14.7 Å². The summed E-state index contributed by atoms with van der Waals surface area (Å²) in [6.45, 7) is 6.28. The Hall–Kier alpha value is -1.30. The smallest absolute Gasteiger partial charge is 0.312 e. The van der Waals surface area contributed by atoms with E-state index in [2.05, 4.69) is 17.6 Å². The molecule has 3 amide bonds. The first-order chi connectivity index (χ1) is 9.72. The molecule has 6 nitrogen and oxygen atoms in total. The van der Waals surface area contributed by atoms with Crippen LogP contribution in [0.15, 0.2) is 0 Å². The second-order valence-corrected chi connectivity index (χ2v) is 6.83. The van der Waals surface area contributed by atoms with Gasteiger partial charge in [0.2, 0.25) is 5.91 Å². The summed E-state index contributed by atoms with van der Waals surface area (Å²) in [5.41, 5.74) is 4.28. The number of aliphatic hydroxyl groups is 1. The van der Waals surface area contributed by atoms with Crippen LogP contribution in [0.2, 0.25) is 0 Å². The highest BCUT2D eigenvalue weighted by Crippen LogP contribution is 2.31. The topological polar surface area (TPSA) is 104 Å². The monoisotopic (exact) mass is 299 g/mol. The predicted molar refractivity (Wildman–Crippen MR) is 81.6 cm³/mol. The molecular weight excluding hydrogens is 270 g/mol. The molecule has 21 heavy (non-hydrogen) atoms. The van der Waals surface area contributed by atoms with Gasteiger partial charge in [-0.05, 0) is 31.1 Å². The van der Waals surface area contributed by atoms with Crippen molar-refractivity contribution < 1.29 is 14.7 Å². The number of carbonyl (C=O) groups is 2. The van der Waals surface area contributed by atoms with Gasteiger partial charge >= 0.3 is 6.03 Å². The van der Waals surface area contributed by atoms with Crippen molar-refractivity contribution in [1.82, 2.24) is 10.6 Å². The van der Waals surface area contributed by atoms with Crippen molar-refractivity contribution >= 4 is 11.9 Å². The Kier molecular flexibility index (Phi) is 6.45. The molecule has 0 spiro atoms. The van der Waals surface area contributed by atoms with Crippen LogP contribution < -0.4 is 16.4 Å². The van der Waals surface area contributed by atoms with Gasteiger partial charge in [0.25, 0.3) is 0 Å². The molecule has 0 aliphatic heterocycles. The molecule has 0 aromatic carbocycles. The summed E-state index contributed by atoms with van der Waals surface area (Å²) in [5.74, 6) is 0.440. The molecule has 3 atom stereocenters. The van der Waals surface area contributed by atoms with E-state index in [4.69, 9.17) is 5.73 Å². The van der Waals surface area contributed by atoms with Crippen LogP contribution in [-0.4, -0.2) is 35.2 Å². The molecule has 6 heteroatoms. The number of nitrogens with two attached hydrogens (primary N) is 1. The normalized spacial score (nSPS) is 27.2. The van der Waals surface area contributed by atoms with Gasteiger partial charge in [-0.25, -0.2) is 4.79 Å².